The molecule has 0 atom stereocenters. The smallest absolute Gasteiger partial charge is 0.251 e. The molecule has 0 radical (unpaired) electrons. The summed E-state index contributed by atoms with van der Waals surface area (Å²) in [5, 5.41) is 2.83. The Morgan fingerprint density at radius 2 is 1.95 bits per heavy atom. The minimum absolute atomic E-state index is 0.188. The van der Waals surface area contributed by atoms with Gasteiger partial charge in [0.15, 0.2) is 9.84 Å². The van der Waals surface area contributed by atoms with Crippen LogP contribution in [0.5, 0.6) is 0 Å². The van der Waals surface area contributed by atoms with E-state index in [0.717, 1.165) is 11.1 Å². The summed E-state index contributed by atoms with van der Waals surface area (Å²) in [7, 11) is -3.18. The van der Waals surface area contributed by atoms with Crippen LogP contribution in [-0.4, -0.2) is 25.1 Å². The van der Waals surface area contributed by atoms with E-state index in [2.05, 4.69) is 10.3 Å². The van der Waals surface area contributed by atoms with Crippen molar-refractivity contribution in [2.24, 2.45) is 0 Å². The quantitative estimate of drug-likeness (QED) is 0.935. The maximum atomic E-state index is 12.2. The summed E-state index contributed by atoms with van der Waals surface area (Å²) in [5.74, 6) is -0.0179. The highest BCUT2D eigenvalue weighted by atomic mass is 32.2. The Bertz CT molecular complexity index is 801. The topological polar surface area (TPSA) is 76.1 Å². The van der Waals surface area contributed by atoms with Crippen molar-refractivity contribution in [3.05, 3.63) is 59.4 Å². The third-order valence-electron chi connectivity index (χ3n) is 3.72. The second-order valence-electron chi connectivity index (χ2n) is 5.28. The largest absolute Gasteiger partial charge is 0.348 e. The first-order valence-corrected chi connectivity index (χ1v) is 8.74. The molecule has 114 valence electrons. The van der Waals surface area contributed by atoms with Gasteiger partial charge >= 0.3 is 0 Å². The molecule has 1 amide bonds. The van der Waals surface area contributed by atoms with E-state index in [1.165, 1.54) is 0 Å². The Morgan fingerprint density at radius 3 is 2.73 bits per heavy atom. The predicted molar refractivity (Wildman–Crippen MR) is 82.2 cm³/mol. The Kier molecular flexibility index (Phi) is 3.94. The molecule has 0 saturated heterocycles. The highest BCUT2D eigenvalue weighted by Gasteiger charge is 2.24. The van der Waals surface area contributed by atoms with Crippen molar-refractivity contribution in [3.63, 3.8) is 0 Å². The van der Waals surface area contributed by atoms with Crippen molar-refractivity contribution in [3.8, 4) is 0 Å². The average Bonchev–Trinajstić information content (AvgIpc) is 2.53. The molecule has 1 aliphatic heterocycles. The molecule has 5 nitrogen and oxygen atoms in total. The van der Waals surface area contributed by atoms with Crippen molar-refractivity contribution in [2.45, 2.75) is 24.3 Å². The molecular weight excluding hydrogens is 300 g/mol. The molecule has 0 spiro atoms. The van der Waals surface area contributed by atoms with Crippen LogP contribution in [0.1, 0.15) is 27.9 Å². The zero-order valence-corrected chi connectivity index (χ0v) is 12.8. The van der Waals surface area contributed by atoms with Crippen LogP contribution in [0.15, 0.2) is 47.6 Å². The number of fused-ring (bicyclic) bond motifs is 1. The monoisotopic (exact) mass is 316 g/mol. The van der Waals surface area contributed by atoms with Gasteiger partial charge in [-0.2, -0.15) is 0 Å². The number of benzene rings is 1. The minimum Gasteiger partial charge on any atom is -0.348 e. The Labute approximate surface area is 129 Å². The van der Waals surface area contributed by atoms with E-state index >= 15 is 0 Å². The van der Waals surface area contributed by atoms with E-state index in [0.29, 0.717) is 29.8 Å². The summed E-state index contributed by atoms with van der Waals surface area (Å²) in [6, 6.07) is 8.47. The Morgan fingerprint density at radius 1 is 1.18 bits per heavy atom. The number of rotatable bonds is 3. The fourth-order valence-corrected chi connectivity index (χ4v) is 4.15. The first-order valence-electron chi connectivity index (χ1n) is 7.09. The van der Waals surface area contributed by atoms with E-state index in [-0.39, 0.29) is 11.7 Å². The second-order valence-corrected chi connectivity index (χ2v) is 7.36. The van der Waals surface area contributed by atoms with E-state index in [4.69, 9.17) is 0 Å². The SMILES string of the molecule is O=C(NCc1ccncc1)c1ccc2c(c1)CCCS2(=O)=O. The molecule has 0 saturated carbocycles. The average molecular weight is 316 g/mol. The van der Waals surface area contributed by atoms with Gasteiger partial charge in [0, 0.05) is 24.5 Å². The van der Waals surface area contributed by atoms with Crippen molar-refractivity contribution < 1.29 is 13.2 Å². The van der Waals surface area contributed by atoms with Gasteiger partial charge < -0.3 is 5.32 Å². The molecule has 1 aliphatic rings. The number of nitrogens with one attached hydrogen (secondary N) is 1. The van der Waals surface area contributed by atoms with Crippen molar-refractivity contribution >= 4 is 15.7 Å². The molecule has 0 aliphatic carbocycles. The lowest BCUT2D eigenvalue weighted by atomic mass is 10.1. The van der Waals surface area contributed by atoms with Crippen LogP contribution < -0.4 is 5.32 Å². The molecule has 1 N–H and O–H groups in total. The zero-order chi connectivity index (χ0) is 15.6. The number of aryl methyl sites for hydroxylation is 1. The van der Waals surface area contributed by atoms with E-state index < -0.39 is 9.84 Å². The van der Waals surface area contributed by atoms with Gasteiger partial charge in [0.25, 0.3) is 5.91 Å². The maximum Gasteiger partial charge on any atom is 0.251 e. The molecule has 0 fully saturated rings. The number of nitrogens with zero attached hydrogens (tertiary/aromatic N) is 1. The molecule has 0 unspecified atom stereocenters. The number of carbonyl (C=O) groups excluding carboxylic acids is 1. The number of aromatic nitrogens is 1. The second kappa shape index (κ2) is 5.88. The van der Waals surface area contributed by atoms with Crippen LogP contribution in [0.4, 0.5) is 0 Å². The van der Waals surface area contributed by atoms with Crippen LogP contribution >= 0.6 is 0 Å². The summed E-state index contributed by atoms with van der Waals surface area (Å²) < 4.78 is 23.9. The lowest BCUT2D eigenvalue weighted by molar-refractivity contribution is 0.0950. The van der Waals surface area contributed by atoms with Crippen LogP contribution in [0.25, 0.3) is 0 Å². The van der Waals surface area contributed by atoms with Crippen molar-refractivity contribution in [2.75, 3.05) is 5.75 Å². The molecule has 0 bridgehead atoms. The lowest BCUT2D eigenvalue weighted by Crippen LogP contribution is -2.24. The van der Waals surface area contributed by atoms with Gasteiger partial charge in [-0.05, 0) is 54.3 Å². The van der Waals surface area contributed by atoms with Crippen LogP contribution in [0.3, 0.4) is 0 Å². The van der Waals surface area contributed by atoms with Gasteiger partial charge in [0.1, 0.15) is 0 Å². The summed E-state index contributed by atoms with van der Waals surface area (Å²) in [5.41, 5.74) is 2.19. The maximum absolute atomic E-state index is 12.2. The summed E-state index contributed by atoms with van der Waals surface area (Å²) >= 11 is 0. The Hall–Kier alpha value is -2.21. The molecular formula is C16H16N2O3S. The molecule has 22 heavy (non-hydrogen) atoms. The van der Waals surface area contributed by atoms with Gasteiger partial charge in [-0.3, -0.25) is 9.78 Å². The number of hydrogen-bond donors (Lipinski definition) is 1. The third-order valence-corrected chi connectivity index (χ3v) is 5.61. The van der Waals surface area contributed by atoms with E-state index in [1.807, 2.05) is 12.1 Å². The van der Waals surface area contributed by atoms with Crippen molar-refractivity contribution in [1.82, 2.24) is 10.3 Å². The highest BCUT2D eigenvalue weighted by molar-refractivity contribution is 7.91. The minimum atomic E-state index is -3.18. The summed E-state index contributed by atoms with van der Waals surface area (Å²) in [6.07, 6.45) is 4.65. The fourth-order valence-electron chi connectivity index (χ4n) is 2.57. The standard InChI is InChI=1S/C16H16N2O3S/c19-16(18-11-12-5-7-17-8-6-12)14-3-4-15-13(10-14)2-1-9-22(15,20)21/h3-8,10H,1-2,9,11H2,(H,18,19). The van der Waals surface area contributed by atoms with Gasteiger partial charge in [-0.15, -0.1) is 0 Å². The number of pyridine rings is 1. The molecule has 6 heteroatoms. The number of amides is 1. The zero-order valence-electron chi connectivity index (χ0n) is 12.0. The first kappa shape index (κ1) is 14.7. The fraction of sp³-hybridized carbons (Fsp3) is 0.250. The molecule has 1 aromatic carbocycles. The summed E-state index contributed by atoms with van der Waals surface area (Å²) in [6.45, 7) is 0.413. The predicted octanol–water partition coefficient (Wildman–Crippen LogP) is 1.73. The first-order chi connectivity index (χ1) is 10.6. The normalized spacial score (nSPS) is 15.8. The van der Waals surface area contributed by atoms with Crippen molar-refractivity contribution in [1.29, 1.82) is 0 Å². The third kappa shape index (κ3) is 3.01. The number of carbonyl (C=O) groups is 1. The highest BCUT2D eigenvalue weighted by Crippen LogP contribution is 2.25. The molecule has 1 aromatic heterocycles. The van der Waals surface area contributed by atoms with Crippen LogP contribution in [-0.2, 0) is 22.8 Å². The lowest BCUT2D eigenvalue weighted by Gasteiger charge is -2.17. The van der Waals surface area contributed by atoms with E-state index in [1.54, 1.807) is 30.6 Å². The van der Waals surface area contributed by atoms with Gasteiger partial charge in [0.2, 0.25) is 0 Å². The van der Waals surface area contributed by atoms with Gasteiger partial charge in [-0.1, -0.05) is 0 Å². The van der Waals surface area contributed by atoms with Crippen LogP contribution in [0, 0.1) is 0 Å². The molecule has 2 aromatic rings. The Balaban J connectivity index is 1.77. The van der Waals surface area contributed by atoms with Gasteiger partial charge in [-0.25, -0.2) is 8.42 Å². The van der Waals surface area contributed by atoms with E-state index in [9.17, 15) is 13.2 Å². The molecule has 2 heterocycles. The molecule has 3 rings (SSSR count). The number of sulfone groups is 1. The summed E-state index contributed by atoms with van der Waals surface area (Å²) in [4.78, 5) is 16.5. The van der Waals surface area contributed by atoms with Gasteiger partial charge in [0.05, 0.1) is 10.6 Å². The van der Waals surface area contributed by atoms with Crippen LogP contribution in [0.2, 0.25) is 0 Å². The number of hydrogen-bond acceptors (Lipinski definition) is 4.